The molecule has 0 fully saturated rings. The van der Waals surface area contributed by atoms with E-state index in [0.717, 1.165) is 16.8 Å². The number of benzene rings is 2. The molecule has 4 rings (SSSR count). The summed E-state index contributed by atoms with van der Waals surface area (Å²) in [5, 5.41) is 0. The van der Waals surface area contributed by atoms with E-state index in [1.165, 1.54) is 0 Å². The quantitative estimate of drug-likeness (QED) is 0.381. The highest BCUT2D eigenvalue weighted by Crippen LogP contribution is 2.25. The van der Waals surface area contributed by atoms with Gasteiger partial charge in [-0.1, -0.05) is 38.1 Å². The number of nitrogens with zero attached hydrogens (tertiary/aromatic N) is 2. The minimum absolute atomic E-state index is 0.0396. The van der Waals surface area contributed by atoms with Gasteiger partial charge in [-0.05, 0) is 59.9 Å². The number of aromatic nitrogens is 2. The number of Topliss-reactive ketones (excluding diaryl/α,β-unsaturated/α-hetero) is 1. The van der Waals surface area contributed by atoms with Gasteiger partial charge >= 0.3 is 0 Å². The molecule has 0 bridgehead atoms. The van der Waals surface area contributed by atoms with Crippen molar-refractivity contribution in [2.45, 2.75) is 42.4 Å². The van der Waals surface area contributed by atoms with Crippen LogP contribution in [0.2, 0.25) is 0 Å². The van der Waals surface area contributed by atoms with Crippen molar-refractivity contribution in [1.82, 2.24) is 9.38 Å². The van der Waals surface area contributed by atoms with E-state index < -0.39 is 9.84 Å². The Bertz CT molecular complexity index is 1340. The van der Waals surface area contributed by atoms with E-state index in [0.29, 0.717) is 23.3 Å². The zero-order valence-corrected chi connectivity index (χ0v) is 18.3. The third-order valence-electron chi connectivity index (χ3n) is 5.42. The first-order valence-corrected chi connectivity index (χ1v) is 11.7. The minimum atomic E-state index is -3.58. The van der Waals surface area contributed by atoms with E-state index in [9.17, 15) is 13.2 Å². The number of hydrogen-bond donors (Lipinski definition) is 0. The Morgan fingerprint density at radius 1 is 1.00 bits per heavy atom. The molecule has 2 aromatic carbocycles. The van der Waals surface area contributed by atoms with E-state index in [4.69, 9.17) is 0 Å². The fourth-order valence-corrected chi connectivity index (χ4v) is 4.81. The number of pyridine rings is 1. The van der Waals surface area contributed by atoms with E-state index in [-0.39, 0.29) is 16.6 Å². The summed E-state index contributed by atoms with van der Waals surface area (Å²) in [4.78, 5) is 17.3. The Kier molecular flexibility index (Phi) is 5.74. The van der Waals surface area contributed by atoms with Gasteiger partial charge in [-0.2, -0.15) is 0 Å². The number of imidazole rings is 1. The molecule has 2 heterocycles. The van der Waals surface area contributed by atoms with Crippen molar-refractivity contribution in [3.8, 4) is 0 Å². The molecule has 158 valence electrons. The van der Waals surface area contributed by atoms with Gasteiger partial charge in [0.25, 0.3) is 0 Å². The first-order chi connectivity index (χ1) is 14.8. The van der Waals surface area contributed by atoms with E-state index >= 15 is 0 Å². The molecule has 4 aromatic rings. The Labute approximate surface area is 182 Å². The summed E-state index contributed by atoms with van der Waals surface area (Å²) in [5.74, 6) is 0.294. The van der Waals surface area contributed by atoms with Gasteiger partial charge in [0, 0.05) is 30.6 Å². The highest BCUT2D eigenvalue weighted by molar-refractivity contribution is 7.91. The smallest absolute Gasteiger partial charge is 0.206 e. The molecular formula is C25H24N2O3S. The normalized spacial score (nSPS) is 11.8. The topological polar surface area (TPSA) is 68.5 Å². The maximum atomic E-state index is 13.0. The van der Waals surface area contributed by atoms with E-state index in [2.05, 4.69) is 4.98 Å². The SMILES string of the molecule is CC(C)c1cccc(S(=O)(=O)c2ccc(CCC(=O)c3ccc4nccn4c3)cc2)c1. The van der Waals surface area contributed by atoms with Gasteiger partial charge in [0.15, 0.2) is 5.78 Å². The molecule has 0 spiro atoms. The van der Waals surface area contributed by atoms with Crippen LogP contribution in [0.3, 0.4) is 0 Å². The van der Waals surface area contributed by atoms with Crippen LogP contribution < -0.4 is 0 Å². The molecule has 0 saturated carbocycles. The Balaban J connectivity index is 1.46. The first kappa shape index (κ1) is 21.0. The van der Waals surface area contributed by atoms with Gasteiger partial charge in [0.2, 0.25) is 9.84 Å². The molecule has 0 unspecified atom stereocenters. The van der Waals surface area contributed by atoms with Gasteiger partial charge in [0.05, 0.1) is 9.79 Å². The van der Waals surface area contributed by atoms with Crippen molar-refractivity contribution in [3.05, 3.63) is 95.9 Å². The second-order valence-corrected chi connectivity index (χ2v) is 9.86. The molecule has 6 heteroatoms. The average molecular weight is 433 g/mol. The van der Waals surface area contributed by atoms with Gasteiger partial charge < -0.3 is 4.40 Å². The number of hydrogen-bond acceptors (Lipinski definition) is 4. The molecule has 0 N–H and O–H groups in total. The standard InChI is InChI=1S/C25H24N2O3S/c1-18(2)20-4-3-5-23(16-20)31(29,30)22-10-6-19(7-11-22)8-12-24(28)21-9-13-25-26-14-15-27(25)17-21/h3-7,9-11,13-18H,8,12H2,1-2H3. The predicted octanol–water partition coefficient (Wildman–Crippen LogP) is 5.11. The molecule has 0 amide bonds. The minimum Gasteiger partial charge on any atom is -0.306 e. The number of carbonyl (C=O) groups excluding carboxylic acids is 1. The second kappa shape index (κ2) is 8.47. The lowest BCUT2D eigenvalue weighted by atomic mass is 10.0. The van der Waals surface area contributed by atoms with Crippen LogP contribution in [0.15, 0.2) is 89.0 Å². The molecular weight excluding hydrogens is 408 g/mol. The van der Waals surface area contributed by atoms with Crippen LogP contribution in [0.1, 0.15) is 47.7 Å². The second-order valence-electron chi connectivity index (χ2n) is 7.91. The number of sulfone groups is 1. The van der Waals surface area contributed by atoms with Crippen molar-refractivity contribution < 1.29 is 13.2 Å². The summed E-state index contributed by atoms with van der Waals surface area (Å²) in [5.41, 5.74) is 3.35. The largest absolute Gasteiger partial charge is 0.306 e. The van der Waals surface area contributed by atoms with Crippen LogP contribution in [-0.2, 0) is 16.3 Å². The Morgan fingerprint density at radius 2 is 1.77 bits per heavy atom. The van der Waals surface area contributed by atoms with Crippen LogP contribution in [0, 0.1) is 0 Å². The average Bonchev–Trinajstić information content (AvgIpc) is 3.25. The van der Waals surface area contributed by atoms with Crippen LogP contribution in [-0.4, -0.2) is 23.6 Å². The maximum absolute atomic E-state index is 13.0. The van der Waals surface area contributed by atoms with Crippen molar-refractivity contribution in [2.75, 3.05) is 0 Å². The van der Waals surface area contributed by atoms with Crippen molar-refractivity contribution >= 4 is 21.3 Å². The summed E-state index contributed by atoms with van der Waals surface area (Å²) in [6, 6.07) is 17.5. The van der Waals surface area contributed by atoms with Gasteiger partial charge in [-0.15, -0.1) is 0 Å². The maximum Gasteiger partial charge on any atom is 0.206 e. The summed E-state index contributed by atoms with van der Waals surface area (Å²) in [6.07, 6.45) is 6.18. The number of aryl methyl sites for hydroxylation is 1. The summed E-state index contributed by atoms with van der Waals surface area (Å²) >= 11 is 0. The van der Waals surface area contributed by atoms with Crippen LogP contribution in [0.4, 0.5) is 0 Å². The molecule has 0 aliphatic heterocycles. The van der Waals surface area contributed by atoms with Crippen LogP contribution in [0.25, 0.3) is 5.65 Å². The Morgan fingerprint density at radius 3 is 2.52 bits per heavy atom. The van der Waals surface area contributed by atoms with Crippen molar-refractivity contribution in [2.24, 2.45) is 0 Å². The van der Waals surface area contributed by atoms with Gasteiger partial charge in [-0.3, -0.25) is 4.79 Å². The third kappa shape index (κ3) is 4.44. The zero-order valence-electron chi connectivity index (χ0n) is 17.5. The lowest BCUT2D eigenvalue weighted by Crippen LogP contribution is -2.04. The molecule has 0 aliphatic rings. The predicted molar refractivity (Wildman–Crippen MR) is 120 cm³/mol. The molecule has 0 saturated heterocycles. The number of rotatable bonds is 7. The van der Waals surface area contributed by atoms with Crippen LogP contribution in [0.5, 0.6) is 0 Å². The van der Waals surface area contributed by atoms with Gasteiger partial charge in [0.1, 0.15) is 5.65 Å². The lowest BCUT2D eigenvalue weighted by Gasteiger charge is -2.10. The fourth-order valence-electron chi connectivity index (χ4n) is 3.50. The lowest BCUT2D eigenvalue weighted by molar-refractivity contribution is 0.0982. The number of fused-ring (bicyclic) bond motifs is 1. The highest BCUT2D eigenvalue weighted by atomic mass is 32.2. The van der Waals surface area contributed by atoms with E-state index in [1.807, 2.05) is 36.6 Å². The molecule has 2 aromatic heterocycles. The Hall–Kier alpha value is -3.25. The third-order valence-corrected chi connectivity index (χ3v) is 7.19. The molecule has 0 radical (unpaired) electrons. The molecule has 31 heavy (non-hydrogen) atoms. The van der Waals surface area contributed by atoms with Crippen molar-refractivity contribution in [1.29, 1.82) is 0 Å². The molecule has 5 nitrogen and oxygen atoms in total. The number of ketones is 1. The number of carbonyl (C=O) groups is 1. The van der Waals surface area contributed by atoms with Crippen LogP contribution >= 0.6 is 0 Å². The fraction of sp³-hybridized carbons (Fsp3) is 0.200. The summed E-state index contributed by atoms with van der Waals surface area (Å²) in [7, 11) is -3.58. The monoisotopic (exact) mass is 432 g/mol. The van der Waals surface area contributed by atoms with Gasteiger partial charge in [-0.25, -0.2) is 13.4 Å². The zero-order chi connectivity index (χ0) is 22.0. The van der Waals surface area contributed by atoms with Crippen molar-refractivity contribution in [3.63, 3.8) is 0 Å². The molecule has 0 aliphatic carbocycles. The van der Waals surface area contributed by atoms with E-state index in [1.54, 1.807) is 60.9 Å². The summed E-state index contributed by atoms with van der Waals surface area (Å²) in [6.45, 7) is 4.07. The highest BCUT2D eigenvalue weighted by Gasteiger charge is 2.18. The molecule has 0 atom stereocenters. The first-order valence-electron chi connectivity index (χ1n) is 10.2. The summed E-state index contributed by atoms with van der Waals surface area (Å²) < 4.78 is 27.8.